The van der Waals surface area contributed by atoms with E-state index >= 15 is 0 Å². The van der Waals surface area contributed by atoms with Gasteiger partial charge in [-0.15, -0.1) is 0 Å². The molecule has 0 aromatic heterocycles. The number of likely N-dealkylation sites (tertiary alicyclic amines) is 1. The quantitative estimate of drug-likeness (QED) is 0.860. The zero-order valence-corrected chi connectivity index (χ0v) is 12.9. The minimum Gasteiger partial charge on any atom is -0.384 e. The first-order valence-electron chi connectivity index (χ1n) is 7.36. The van der Waals surface area contributed by atoms with Crippen LogP contribution in [0.15, 0.2) is 24.3 Å². The van der Waals surface area contributed by atoms with Crippen LogP contribution in [-0.4, -0.2) is 52.3 Å². The molecule has 1 aliphatic heterocycles. The normalized spacial score (nSPS) is 21.1. The molecule has 4 heteroatoms. The Morgan fingerprint density at radius 3 is 2.60 bits per heavy atom. The summed E-state index contributed by atoms with van der Waals surface area (Å²) in [4.78, 5) is 4.61. The van der Waals surface area contributed by atoms with E-state index in [4.69, 9.17) is 10.5 Å². The van der Waals surface area contributed by atoms with E-state index in [0.29, 0.717) is 18.5 Å². The SMILES string of the molecule is COCC1CCN(C(CN)c2ccc(N(C)C)cc2)C1. The van der Waals surface area contributed by atoms with Gasteiger partial charge in [-0.05, 0) is 36.6 Å². The lowest BCUT2D eigenvalue weighted by Crippen LogP contribution is -2.32. The maximum atomic E-state index is 6.02. The molecule has 2 unspecified atom stereocenters. The van der Waals surface area contributed by atoms with E-state index in [9.17, 15) is 0 Å². The highest BCUT2D eigenvalue weighted by Gasteiger charge is 2.28. The van der Waals surface area contributed by atoms with E-state index in [0.717, 1.165) is 19.7 Å². The molecule has 112 valence electrons. The number of hydrogen-bond acceptors (Lipinski definition) is 4. The third-order valence-corrected chi connectivity index (χ3v) is 4.18. The second-order valence-corrected chi connectivity index (χ2v) is 5.84. The fourth-order valence-electron chi connectivity index (χ4n) is 3.01. The van der Waals surface area contributed by atoms with Crippen molar-refractivity contribution >= 4 is 5.69 Å². The van der Waals surface area contributed by atoms with E-state index in [1.165, 1.54) is 17.7 Å². The molecule has 0 bridgehead atoms. The van der Waals surface area contributed by atoms with Gasteiger partial charge in [0.25, 0.3) is 0 Å². The fraction of sp³-hybridized carbons (Fsp3) is 0.625. The summed E-state index contributed by atoms with van der Waals surface area (Å²) in [6, 6.07) is 9.07. The highest BCUT2D eigenvalue weighted by molar-refractivity contribution is 5.46. The maximum absolute atomic E-state index is 6.02. The number of nitrogens with two attached hydrogens (primary N) is 1. The Bertz CT molecular complexity index is 405. The Morgan fingerprint density at radius 2 is 2.05 bits per heavy atom. The first-order chi connectivity index (χ1) is 9.65. The molecule has 2 atom stereocenters. The molecule has 0 amide bonds. The summed E-state index contributed by atoms with van der Waals surface area (Å²) in [5, 5.41) is 0. The molecule has 1 aromatic carbocycles. The zero-order valence-electron chi connectivity index (χ0n) is 12.9. The van der Waals surface area contributed by atoms with Crippen LogP contribution in [0.25, 0.3) is 0 Å². The van der Waals surface area contributed by atoms with Crippen LogP contribution >= 0.6 is 0 Å². The first kappa shape index (κ1) is 15.3. The van der Waals surface area contributed by atoms with Crippen molar-refractivity contribution in [3.05, 3.63) is 29.8 Å². The molecule has 1 aromatic rings. The van der Waals surface area contributed by atoms with Gasteiger partial charge >= 0.3 is 0 Å². The van der Waals surface area contributed by atoms with Crippen molar-refractivity contribution in [1.82, 2.24) is 4.90 Å². The Kier molecular flexibility index (Phi) is 5.40. The molecular weight excluding hydrogens is 250 g/mol. The average molecular weight is 277 g/mol. The molecule has 1 aliphatic rings. The molecule has 1 saturated heterocycles. The molecule has 20 heavy (non-hydrogen) atoms. The Morgan fingerprint density at radius 1 is 1.35 bits per heavy atom. The van der Waals surface area contributed by atoms with Gasteiger partial charge in [0.15, 0.2) is 0 Å². The van der Waals surface area contributed by atoms with Crippen LogP contribution in [0.4, 0.5) is 5.69 Å². The molecule has 4 nitrogen and oxygen atoms in total. The average Bonchev–Trinajstić information content (AvgIpc) is 2.89. The van der Waals surface area contributed by atoms with Crippen molar-refractivity contribution < 1.29 is 4.74 Å². The van der Waals surface area contributed by atoms with Crippen LogP contribution in [0.2, 0.25) is 0 Å². The molecular formula is C16H27N3O. The van der Waals surface area contributed by atoms with Crippen molar-refractivity contribution in [1.29, 1.82) is 0 Å². The lowest BCUT2D eigenvalue weighted by molar-refractivity contribution is 0.147. The Hall–Kier alpha value is -1.10. The third kappa shape index (κ3) is 3.51. The topological polar surface area (TPSA) is 41.7 Å². The minimum atomic E-state index is 0.327. The van der Waals surface area contributed by atoms with E-state index in [-0.39, 0.29) is 0 Å². The molecule has 2 rings (SSSR count). The number of nitrogens with zero attached hydrogens (tertiary/aromatic N) is 2. The minimum absolute atomic E-state index is 0.327. The Labute approximate surface area is 122 Å². The number of ether oxygens (including phenoxy) is 1. The summed E-state index contributed by atoms with van der Waals surface area (Å²) in [6.45, 7) is 3.73. The summed E-state index contributed by atoms with van der Waals surface area (Å²) in [5.74, 6) is 0.648. The molecule has 0 aliphatic carbocycles. The summed E-state index contributed by atoms with van der Waals surface area (Å²) < 4.78 is 5.27. The maximum Gasteiger partial charge on any atom is 0.0503 e. The molecule has 1 fully saturated rings. The van der Waals surface area contributed by atoms with Crippen molar-refractivity contribution in [2.24, 2.45) is 11.7 Å². The number of anilines is 1. The predicted octanol–water partition coefficient (Wildman–Crippen LogP) is 1.72. The number of rotatable bonds is 6. The van der Waals surface area contributed by atoms with Crippen LogP contribution in [0.5, 0.6) is 0 Å². The number of hydrogen-bond donors (Lipinski definition) is 1. The van der Waals surface area contributed by atoms with E-state index in [1.807, 2.05) is 0 Å². The number of methoxy groups -OCH3 is 1. The van der Waals surface area contributed by atoms with E-state index in [2.05, 4.69) is 48.2 Å². The van der Waals surface area contributed by atoms with Gasteiger partial charge in [-0.2, -0.15) is 0 Å². The van der Waals surface area contributed by atoms with Crippen LogP contribution in [0.3, 0.4) is 0 Å². The highest BCUT2D eigenvalue weighted by atomic mass is 16.5. The standard InChI is InChI=1S/C16H27N3O/c1-18(2)15-6-4-14(5-7-15)16(10-17)19-9-8-13(11-19)12-20-3/h4-7,13,16H,8-12,17H2,1-3H3. The third-order valence-electron chi connectivity index (χ3n) is 4.18. The lowest BCUT2D eigenvalue weighted by atomic mass is 10.0. The van der Waals surface area contributed by atoms with Crippen molar-refractivity contribution in [3.8, 4) is 0 Å². The fourth-order valence-corrected chi connectivity index (χ4v) is 3.01. The summed E-state index contributed by atoms with van der Waals surface area (Å²) in [7, 11) is 5.90. The van der Waals surface area contributed by atoms with Crippen LogP contribution < -0.4 is 10.6 Å². The molecule has 0 radical (unpaired) electrons. The van der Waals surface area contributed by atoms with Crippen molar-refractivity contribution in [2.45, 2.75) is 12.5 Å². The van der Waals surface area contributed by atoms with Gasteiger partial charge in [0, 0.05) is 46.0 Å². The van der Waals surface area contributed by atoms with E-state index in [1.54, 1.807) is 7.11 Å². The van der Waals surface area contributed by atoms with Crippen molar-refractivity contribution in [3.63, 3.8) is 0 Å². The first-order valence-corrected chi connectivity index (χ1v) is 7.36. The predicted molar refractivity (Wildman–Crippen MR) is 84.1 cm³/mol. The summed E-state index contributed by atoms with van der Waals surface area (Å²) >= 11 is 0. The van der Waals surface area contributed by atoms with Gasteiger partial charge in [-0.1, -0.05) is 12.1 Å². The lowest BCUT2D eigenvalue weighted by Gasteiger charge is -2.27. The Balaban J connectivity index is 2.04. The van der Waals surface area contributed by atoms with Gasteiger partial charge in [0.2, 0.25) is 0 Å². The van der Waals surface area contributed by atoms with Gasteiger partial charge < -0.3 is 15.4 Å². The van der Waals surface area contributed by atoms with Crippen LogP contribution in [-0.2, 0) is 4.74 Å². The summed E-state index contributed by atoms with van der Waals surface area (Å²) in [5.41, 5.74) is 8.56. The second kappa shape index (κ2) is 7.07. The van der Waals surface area contributed by atoms with Gasteiger partial charge in [0.1, 0.15) is 0 Å². The monoisotopic (exact) mass is 277 g/mol. The van der Waals surface area contributed by atoms with Crippen molar-refractivity contribution in [2.75, 3.05) is 52.3 Å². The van der Waals surface area contributed by atoms with Crippen LogP contribution in [0.1, 0.15) is 18.0 Å². The van der Waals surface area contributed by atoms with Gasteiger partial charge in [0.05, 0.1) is 6.61 Å². The zero-order chi connectivity index (χ0) is 14.5. The van der Waals surface area contributed by atoms with Gasteiger partial charge in [-0.3, -0.25) is 4.90 Å². The number of benzene rings is 1. The second-order valence-electron chi connectivity index (χ2n) is 5.84. The van der Waals surface area contributed by atoms with Gasteiger partial charge in [-0.25, -0.2) is 0 Å². The largest absolute Gasteiger partial charge is 0.384 e. The molecule has 0 spiro atoms. The smallest absolute Gasteiger partial charge is 0.0503 e. The molecule has 0 saturated carbocycles. The van der Waals surface area contributed by atoms with E-state index < -0.39 is 0 Å². The summed E-state index contributed by atoms with van der Waals surface area (Å²) in [6.07, 6.45) is 1.21. The van der Waals surface area contributed by atoms with Crippen LogP contribution in [0, 0.1) is 5.92 Å². The highest BCUT2D eigenvalue weighted by Crippen LogP contribution is 2.28. The molecule has 2 N–H and O–H groups in total. The molecule has 1 heterocycles.